The Kier molecular flexibility index (Phi) is 4.36. The molecule has 1 saturated heterocycles. The van der Waals surface area contributed by atoms with Crippen LogP contribution < -0.4 is 5.32 Å². The van der Waals surface area contributed by atoms with Crippen LogP contribution in [0.4, 0.5) is 5.13 Å². The van der Waals surface area contributed by atoms with Gasteiger partial charge in [0.2, 0.25) is 0 Å². The number of nitrogens with zero attached hydrogens (tertiary/aromatic N) is 2. The summed E-state index contributed by atoms with van der Waals surface area (Å²) < 4.78 is 5.73. The van der Waals surface area contributed by atoms with Crippen molar-refractivity contribution < 1.29 is 4.74 Å². The minimum absolute atomic E-state index is 0.333. The van der Waals surface area contributed by atoms with E-state index in [1.807, 2.05) is 6.20 Å². The molecule has 0 bridgehead atoms. The molecule has 2 rings (SSSR count). The quantitative estimate of drug-likeness (QED) is 0.895. The van der Waals surface area contributed by atoms with E-state index < -0.39 is 0 Å². The lowest BCUT2D eigenvalue weighted by Gasteiger charge is -2.34. The van der Waals surface area contributed by atoms with Gasteiger partial charge in [0.15, 0.2) is 5.13 Å². The van der Waals surface area contributed by atoms with E-state index >= 15 is 0 Å². The van der Waals surface area contributed by atoms with Gasteiger partial charge in [-0.15, -0.1) is 11.3 Å². The summed E-state index contributed by atoms with van der Waals surface area (Å²) in [4.78, 5) is 8.13. The second kappa shape index (κ2) is 5.80. The molecule has 4 nitrogen and oxygen atoms in total. The minimum Gasteiger partial charge on any atom is -0.373 e. The largest absolute Gasteiger partial charge is 0.373 e. The number of nitrogens with one attached hydrogen (secondary N) is 1. The van der Waals surface area contributed by atoms with Crippen molar-refractivity contribution in [2.75, 3.05) is 25.0 Å². The lowest BCUT2D eigenvalue weighted by atomic mass is 10.2. The molecule has 0 amide bonds. The average molecular weight is 255 g/mol. The zero-order valence-corrected chi connectivity index (χ0v) is 11.6. The van der Waals surface area contributed by atoms with Crippen LogP contribution in [-0.2, 0) is 11.3 Å². The summed E-state index contributed by atoms with van der Waals surface area (Å²) in [7, 11) is 0. The van der Waals surface area contributed by atoms with E-state index in [4.69, 9.17) is 4.74 Å². The van der Waals surface area contributed by atoms with Crippen LogP contribution in [0.2, 0.25) is 0 Å². The van der Waals surface area contributed by atoms with Crippen molar-refractivity contribution in [3.05, 3.63) is 11.1 Å². The van der Waals surface area contributed by atoms with Gasteiger partial charge >= 0.3 is 0 Å². The number of hydrogen-bond acceptors (Lipinski definition) is 5. The molecule has 1 aromatic rings. The van der Waals surface area contributed by atoms with Gasteiger partial charge in [0, 0.05) is 37.3 Å². The summed E-state index contributed by atoms with van der Waals surface area (Å²) in [6.07, 6.45) is 2.65. The highest BCUT2D eigenvalue weighted by Crippen LogP contribution is 2.21. The Labute approximate surface area is 107 Å². The molecule has 0 aromatic carbocycles. The van der Waals surface area contributed by atoms with Gasteiger partial charge in [-0.25, -0.2) is 4.98 Å². The number of ether oxygens (including phenoxy) is 1. The Balaban J connectivity index is 1.90. The van der Waals surface area contributed by atoms with Crippen molar-refractivity contribution in [1.29, 1.82) is 0 Å². The lowest BCUT2D eigenvalue weighted by Crippen LogP contribution is -2.44. The Morgan fingerprint density at radius 2 is 2.18 bits per heavy atom. The first kappa shape index (κ1) is 12.8. The van der Waals surface area contributed by atoms with Crippen molar-refractivity contribution in [3.63, 3.8) is 0 Å². The van der Waals surface area contributed by atoms with Crippen LogP contribution in [0.25, 0.3) is 0 Å². The standard InChI is InChI=1S/C12H21N3OS/c1-4-13-12-14-5-11(17-12)8-15-6-9(2)16-10(3)7-15/h5,9-10H,4,6-8H2,1-3H3,(H,13,14). The first-order valence-corrected chi connectivity index (χ1v) is 7.05. The maximum atomic E-state index is 5.73. The normalized spacial score (nSPS) is 26.1. The summed E-state index contributed by atoms with van der Waals surface area (Å²) >= 11 is 1.75. The molecule has 0 saturated carbocycles. The number of morpholine rings is 1. The molecule has 2 atom stereocenters. The van der Waals surface area contributed by atoms with E-state index in [0.717, 1.165) is 31.3 Å². The Morgan fingerprint density at radius 3 is 2.82 bits per heavy atom. The number of anilines is 1. The fraction of sp³-hybridized carbons (Fsp3) is 0.750. The predicted octanol–water partition coefficient (Wildman–Crippen LogP) is 2.18. The van der Waals surface area contributed by atoms with Crippen LogP contribution in [0.5, 0.6) is 0 Å². The molecule has 1 aromatic heterocycles. The van der Waals surface area contributed by atoms with Gasteiger partial charge in [0.25, 0.3) is 0 Å². The third-order valence-electron chi connectivity index (χ3n) is 2.76. The van der Waals surface area contributed by atoms with E-state index in [9.17, 15) is 0 Å². The summed E-state index contributed by atoms with van der Waals surface area (Å²) in [6.45, 7) is 10.3. The van der Waals surface area contributed by atoms with Crippen LogP contribution in [0.3, 0.4) is 0 Å². The van der Waals surface area contributed by atoms with E-state index in [1.54, 1.807) is 11.3 Å². The topological polar surface area (TPSA) is 37.4 Å². The number of aromatic nitrogens is 1. The van der Waals surface area contributed by atoms with Gasteiger partial charge in [-0.2, -0.15) is 0 Å². The van der Waals surface area contributed by atoms with Crippen LogP contribution in [0, 0.1) is 0 Å². The SMILES string of the molecule is CCNc1ncc(CN2CC(C)OC(C)C2)s1. The number of hydrogen-bond donors (Lipinski definition) is 1. The molecular weight excluding hydrogens is 234 g/mol. The first-order chi connectivity index (χ1) is 8.17. The minimum atomic E-state index is 0.333. The van der Waals surface area contributed by atoms with Gasteiger partial charge in [-0.3, -0.25) is 4.90 Å². The molecule has 2 unspecified atom stereocenters. The summed E-state index contributed by atoms with van der Waals surface area (Å²) in [5, 5.41) is 4.27. The van der Waals surface area contributed by atoms with Gasteiger partial charge in [0.1, 0.15) is 0 Å². The highest BCUT2D eigenvalue weighted by atomic mass is 32.1. The highest BCUT2D eigenvalue weighted by molar-refractivity contribution is 7.15. The second-order valence-electron chi connectivity index (χ2n) is 4.61. The van der Waals surface area contributed by atoms with Crippen molar-refractivity contribution in [2.24, 2.45) is 0 Å². The summed E-state index contributed by atoms with van der Waals surface area (Å²) in [5.41, 5.74) is 0. The summed E-state index contributed by atoms with van der Waals surface area (Å²) in [6, 6.07) is 0. The van der Waals surface area contributed by atoms with Gasteiger partial charge in [-0.05, 0) is 20.8 Å². The van der Waals surface area contributed by atoms with Crippen molar-refractivity contribution >= 4 is 16.5 Å². The first-order valence-electron chi connectivity index (χ1n) is 6.23. The maximum absolute atomic E-state index is 5.73. The second-order valence-corrected chi connectivity index (χ2v) is 5.73. The van der Waals surface area contributed by atoms with E-state index in [-0.39, 0.29) is 0 Å². The van der Waals surface area contributed by atoms with Gasteiger partial charge in [0.05, 0.1) is 12.2 Å². The van der Waals surface area contributed by atoms with E-state index in [0.29, 0.717) is 12.2 Å². The number of thiazole rings is 1. The third kappa shape index (κ3) is 3.66. The Morgan fingerprint density at radius 1 is 1.47 bits per heavy atom. The fourth-order valence-corrected chi connectivity index (χ4v) is 3.17. The zero-order chi connectivity index (χ0) is 12.3. The Bertz CT molecular complexity index is 345. The Hall–Kier alpha value is -0.650. The molecule has 5 heteroatoms. The monoisotopic (exact) mass is 255 g/mol. The molecule has 0 aliphatic carbocycles. The molecule has 1 aliphatic heterocycles. The van der Waals surface area contributed by atoms with Crippen molar-refractivity contribution in [1.82, 2.24) is 9.88 Å². The highest BCUT2D eigenvalue weighted by Gasteiger charge is 2.22. The molecule has 0 spiro atoms. The third-order valence-corrected chi connectivity index (χ3v) is 3.70. The zero-order valence-electron chi connectivity index (χ0n) is 10.8. The summed E-state index contributed by atoms with van der Waals surface area (Å²) in [5.74, 6) is 0. The van der Waals surface area contributed by atoms with E-state index in [1.165, 1.54) is 4.88 Å². The molecule has 1 N–H and O–H groups in total. The molecular formula is C12H21N3OS. The molecule has 1 aliphatic rings. The van der Waals surface area contributed by atoms with Crippen molar-refractivity contribution in [2.45, 2.75) is 39.5 Å². The molecule has 17 heavy (non-hydrogen) atoms. The van der Waals surface area contributed by atoms with Gasteiger partial charge < -0.3 is 10.1 Å². The van der Waals surface area contributed by atoms with Crippen LogP contribution in [0.15, 0.2) is 6.20 Å². The lowest BCUT2D eigenvalue weighted by molar-refractivity contribution is -0.0702. The molecule has 2 heterocycles. The predicted molar refractivity (Wildman–Crippen MR) is 71.6 cm³/mol. The van der Waals surface area contributed by atoms with Crippen molar-refractivity contribution in [3.8, 4) is 0 Å². The number of rotatable bonds is 4. The molecule has 0 radical (unpaired) electrons. The smallest absolute Gasteiger partial charge is 0.182 e. The fourth-order valence-electron chi connectivity index (χ4n) is 2.25. The van der Waals surface area contributed by atoms with Crippen LogP contribution in [-0.4, -0.2) is 41.7 Å². The van der Waals surface area contributed by atoms with Gasteiger partial charge in [-0.1, -0.05) is 0 Å². The maximum Gasteiger partial charge on any atom is 0.182 e. The average Bonchev–Trinajstić information content (AvgIpc) is 2.64. The van der Waals surface area contributed by atoms with Crippen LogP contribution in [0.1, 0.15) is 25.6 Å². The van der Waals surface area contributed by atoms with E-state index in [2.05, 4.69) is 36.0 Å². The molecule has 1 fully saturated rings. The van der Waals surface area contributed by atoms with Crippen LogP contribution >= 0.6 is 11.3 Å². The molecule has 96 valence electrons.